The van der Waals surface area contributed by atoms with Gasteiger partial charge < -0.3 is 4.74 Å². The van der Waals surface area contributed by atoms with E-state index in [0.29, 0.717) is 11.3 Å². The molecule has 142 valence electrons. The average molecular weight is 441 g/mol. The molecule has 0 radical (unpaired) electrons. The lowest BCUT2D eigenvalue weighted by Gasteiger charge is -2.24. The summed E-state index contributed by atoms with van der Waals surface area (Å²) in [5.74, 6) is -1.42. The summed E-state index contributed by atoms with van der Waals surface area (Å²) < 4.78 is 6.78. The van der Waals surface area contributed by atoms with Crippen molar-refractivity contribution >= 4 is 45.2 Å². The molecule has 1 fully saturated rings. The first-order chi connectivity index (χ1) is 13.4. The number of hydrogen-bond donors (Lipinski definition) is 0. The van der Waals surface area contributed by atoms with Crippen molar-refractivity contribution in [3.05, 3.63) is 64.6 Å². The lowest BCUT2D eigenvalue weighted by molar-refractivity contribution is -0.132. The van der Waals surface area contributed by atoms with Crippen LogP contribution in [0, 0.1) is 5.92 Å². The topological polar surface area (TPSA) is 76.0 Å². The molecule has 2 aliphatic rings. The van der Waals surface area contributed by atoms with Gasteiger partial charge in [-0.05, 0) is 43.3 Å². The van der Waals surface area contributed by atoms with E-state index in [4.69, 9.17) is 4.74 Å². The van der Waals surface area contributed by atoms with Crippen LogP contribution in [0.5, 0.6) is 0 Å². The van der Waals surface area contributed by atoms with Crippen LogP contribution >= 0.6 is 15.9 Å². The largest absolute Gasteiger partial charge is 0.461 e. The lowest BCUT2D eigenvalue weighted by Crippen LogP contribution is -2.38. The van der Waals surface area contributed by atoms with Crippen LogP contribution in [0.1, 0.15) is 25.3 Å². The number of amides is 3. The number of anilines is 1. The van der Waals surface area contributed by atoms with E-state index in [1.165, 1.54) is 4.90 Å². The Morgan fingerprint density at radius 1 is 1.11 bits per heavy atom. The predicted octanol–water partition coefficient (Wildman–Crippen LogP) is 3.48. The van der Waals surface area contributed by atoms with Crippen LogP contribution in [0.4, 0.5) is 5.69 Å². The highest BCUT2D eigenvalue weighted by Gasteiger charge is 2.49. The number of carbonyl (C=O) groups excluding carboxylic acids is 3. The van der Waals surface area contributed by atoms with Crippen LogP contribution < -0.4 is 4.90 Å². The van der Waals surface area contributed by atoms with Gasteiger partial charge in [-0.3, -0.25) is 19.3 Å². The highest BCUT2D eigenvalue weighted by atomic mass is 79.9. The Morgan fingerprint density at radius 3 is 2.46 bits per heavy atom. The van der Waals surface area contributed by atoms with Gasteiger partial charge in [0, 0.05) is 22.9 Å². The second kappa shape index (κ2) is 6.98. The molecule has 2 heterocycles. The number of halogens is 1. The highest BCUT2D eigenvalue weighted by molar-refractivity contribution is 9.10. The van der Waals surface area contributed by atoms with E-state index in [1.807, 2.05) is 18.2 Å². The molecule has 0 aliphatic carbocycles. The summed E-state index contributed by atoms with van der Waals surface area (Å²) in [5.41, 5.74) is -0.0500. The highest BCUT2D eigenvalue weighted by Crippen LogP contribution is 2.36. The van der Waals surface area contributed by atoms with E-state index in [0.717, 1.165) is 4.47 Å². The summed E-state index contributed by atoms with van der Waals surface area (Å²) >= 11 is 3.36. The number of aliphatic imine (C=N–C) groups is 1. The van der Waals surface area contributed by atoms with E-state index >= 15 is 0 Å². The molecule has 6 nitrogen and oxygen atoms in total. The van der Waals surface area contributed by atoms with Crippen LogP contribution in [0.15, 0.2) is 64.1 Å². The second-order valence-electron chi connectivity index (χ2n) is 7.07. The number of carbonyl (C=O) groups is 3. The smallest absolute Gasteiger partial charge is 0.292 e. The average Bonchev–Trinajstić information content (AvgIpc) is 3.12. The van der Waals surface area contributed by atoms with Crippen LogP contribution in [-0.4, -0.2) is 29.2 Å². The zero-order valence-electron chi connectivity index (χ0n) is 15.1. The van der Waals surface area contributed by atoms with Gasteiger partial charge in [0.15, 0.2) is 5.60 Å². The number of imide groups is 1. The molecular weight excluding hydrogens is 424 g/mol. The quantitative estimate of drug-likeness (QED) is 0.681. The molecule has 4 rings (SSSR count). The summed E-state index contributed by atoms with van der Waals surface area (Å²) in [5, 5.41) is 0. The fourth-order valence-corrected chi connectivity index (χ4v) is 3.77. The summed E-state index contributed by atoms with van der Waals surface area (Å²) in [6.07, 6.45) is 0.150. The van der Waals surface area contributed by atoms with Gasteiger partial charge >= 0.3 is 0 Å². The number of rotatable bonds is 4. The Hall–Kier alpha value is -2.80. The van der Waals surface area contributed by atoms with E-state index < -0.39 is 17.4 Å². The van der Waals surface area contributed by atoms with Gasteiger partial charge in [-0.25, -0.2) is 0 Å². The van der Waals surface area contributed by atoms with Crippen molar-refractivity contribution in [2.75, 3.05) is 4.90 Å². The summed E-state index contributed by atoms with van der Waals surface area (Å²) in [6.45, 7) is 1.62. The molecule has 28 heavy (non-hydrogen) atoms. The molecule has 0 N–H and O–H groups in total. The molecule has 0 aromatic heterocycles. The van der Waals surface area contributed by atoms with Gasteiger partial charge in [0.1, 0.15) is 0 Å². The zero-order valence-corrected chi connectivity index (χ0v) is 16.7. The number of hydrogen-bond acceptors (Lipinski definition) is 4. The third-order valence-electron chi connectivity index (χ3n) is 4.96. The summed E-state index contributed by atoms with van der Waals surface area (Å²) in [7, 11) is 0. The van der Waals surface area contributed by atoms with Gasteiger partial charge in [-0.15, -0.1) is 0 Å². The number of ether oxygens (including phenoxy) is 1. The molecule has 2 aromatic carbocycles. The van der Waals surface area contributed by atoms with E-state index in [2.05, 4.69) is 20.9 Å². The Kier molecular flexibility index (Phi) is 4.63. The maximum absolute atomic E-state index is 12.8. The fraction of sp³-hybridized carbons (Fsp3) is 0.238. The standard InChI is InChI=1S/C21H17BrN2O4/c1-21(20(27)23-18(28-21)13-7-9-15(22)10-8-13)12-14-11-17(25)24(19(14)26)16-5-3-2-4-6-16/h2-10,14H,11-12H2,1H3/t14?,21-/m0/s1. The van der Waals surface area contributed by atoms with Crippen LogP contribution in [0.3, 0.4) is 0 Å². The zero-order chi connectivity index (χ0) is 19.9. The number of para-hydroxylation sites is 1. The molecule has 0 spiro atoms. The molecule has 2 atom stereocenters. The van der Waals surface area contributed by atoms with Gasteiger partial charge in [-0.2, -0.15) is 4.99 Å². The van der Waals surface area contributed by atoms with Crippen molar-refractivity contribution < 1.29 is 19.1 Å². The maximum atomic E-state index is 12.8. The maximum Gasteiger partial charge on any atom is 0.292 e. The third kappa shape index (κ3) is 3.26. The lowest BCUT2D eigenvalue weighted by atomic mass is 9.90. The van der Waals surface area contributed by atoms with Crippen molar-refractivity contribution in [1.82, 2.24) is 0 Å². The second-order valence-corrected chi connectivity index (χ2v) is 7.99. The van der Waals surface area contributed by atoms with Crippen molar-refractivity contribution in [2.24, 2.45) is 10.9 Å². The first kappa shape index (κ1) is 18.6. The van der Waals surface area contributed by atoms with Crippen LogP contribution in [0.25, 0.3) is 0 Å². The Morgan fingerprint density at radius 2 is 1.79 bits per heavy atom. The molecular formula is C21H17BrN2O4. The van der Waals surface area contributed by atoms with E-state index in [9.17, 15) is 14.4 Å². The van der Waals surface area contributed by atoms with E-state index in [-0.39, 0.29) is 30.6 Å². The molecule has 0 bridgehead atoms. The molecule has 1 saturated heterocycles. The van der Waals surface area contributed by atoms with Gasteiger partial charge in [0.25, 0.3) is 5.91 Å². The van der Waals surface area contributed by atoms with Crippen LogP contribution in [-0.2, 0) is 19.1 Å². The number of nitrogens with zero attached hydrogens (tertiary/aromatic N) is 2. The van der Waals surface area contributed by atoms with Gasteiger partial charge in [0.05, 0.1) is 11.6 Å². The minimum atomic E-state index is -1.27. The van der Waals surface area contributed by atoms with Crippen LogP contribution in [0.2, 0.25) is 0 Å². The third-order valence-corrected chi connectivity index (χ3v) is 5.49. The molecule has 0 saturated carbocycles. The number of benzene rings is 2. The summed E-state index contributed by atoms with van der Waals surface area (Å²) in [6, 6.07) is 16.0. The fourth-order valence-electron chi connectivity index (χ4n) is 3.51. The Bertz CT molecular complexity index is 987. The predicted molar refractivity (Wildman–Crippen MR) is 107 cm³/mol. The van der Waals surface area contributed by atoms with Gasteiger partial charge in [0.2, 0.25) is 17.7 Å². The molecule has 1 unspecified atom stereocenters. The van der Waals surface area contributed by atoms with Crippen molar-refractivity contribution in [3.8, 4) is 0 Å². The minimum Gasteiger partial charge on any atom is -0.461 e. The van der Waals surface area contributed by atoms with Crippen molar-refractivity contribution in [1.29, 1.82) is 0 Å². The molecule has 2 aliphatic heterocycles. The normalized spacial score (nSPS) is 24.5. The Balaban J connectivity index is 1.51. The summed E-state index contributed by atoms with van der Waals surface area (Å²) in [4.78, 5) is 43.0. The van der Waals surface area contributed by atoms with E-state index in [1.54, 1.807) is 43.3 Å². The monoisotopic (exact) mass is 440 g/mol. The van der Waals surface area contributed by atoms with Gasteiger partial charge in [-0.1, -0.05) is 34.1 Å². The Labute approximate surface area is 170 Å². The van der Waals surface area contributed by atoms with Crippen molar-refractivity contribution in [2.45, 2.75) is 25.4 Å². The SMILES string of the molecule is C[C@@]1(CC2CC(=O)N(c3ccccc3)C2=O)OC(c2ccc(Br)cc2)=NC1=O. The molecule has 7 heteroatoms. The first-order valence-corrected chi connectivity index (χ1v) is 9.66. The van der Waals surface area contributed by atoms with Crippen molar-refractivity contribution in [3.63, 3.8) is 0 Å². The molecule has 3 amide bonds. The molecule has 2 aromatic rings. The first-order valence-electron chi connectivity index (χ1n) is 8.87. The minimum absolute atomic E-state index is 0.0492.